The number of hydrogen-bond acceptors (Lipinski definition) is 4. The molecule has 0 aliphatic heterocycles. The van der Waals surface area contributed by atoms with Gasteiger partial charge in [0.1, 0.15) is 0 Å². The Bertz CT molecular complexity index is 371. The van der Waals surface area contributed by atoms with E-state index in [2.05, 4.69) is 4.74 Å². The van der Waals surface area contributed by atoms with Crippen molar-refractivity contribution < 1.29 is 27.5 Å². The lowest BCUT2D eigenvalue weighted by Crippen LogP contribution is -2.29. The van der Waals surface area contributed by atoms with Gasteiger partial charge in [0.2, 0.25) is 0 Å². The van der Waals surface area contributed by atoms with Crippen LogP contribution in [0.2, 0.25) is 0 Å². The van der Waals surface area contributed by atoms with E-state index in [4.69, 9.17) is 5.73 Å². The first kappa shape index (κ1) is 12.4. The van der Waals surface area contributed by atoms with Crippen LogP contribution in [0.1, 0.15) is 6.42 Å². The fourth-order valence-electron chi connectivity index (χ4n) is 1.04. The second-order valence-electron chi connectivity index (χ2n) is 3.10. The molecule has 0 heterocycles. The molecular formula is C9H8F3NO3. The van der Waals surface area contributed by atoms with Gasteiger partial charge in [-0.25, -0.2) is 9.59 Å². The molecular weight excluding hydrogens is 227 g/mol. The van der Waals surface area contributed by atoms with E-state index in [0.717, 1.165) is 0 Å². The summed E-state index contributed by atoms with van der Waals surface area (Å²) in [5.41, 5.74) is 5.28. The van der Waals surface area contributed by atoms with Crippen molar-refractivity contribution in [2.75, 3.05) is 0 Å². The van der Waals surface area contributed by atoms with Crippen LogP contribution in [0.25, 0.3) is 0 Å². The van der Waals surface area contributed by atoms with E-state index in [1.165, 1.54) is 18.2 Å². The summed E-state index contributed by atoms with van der Waals surface area (Å²) in [4.78, 5) is 21.4. The molecule has 2 N–H and O–H groups in total. The maximum Gasteiger partial charge on any atom is 0.491 e. The highest BCUT2D eigenvalue weighted by Gasteiger charge is 2.42. The van der Waals surface area contributed by atoms with E-state index in [0.29, 0.717) is 6.42 Å². The zero-order chi connectivity index (χ0) is 12.3. The fourth-order valence-corrected chi connectivity index (χ4v) is 1.04. The summed E-state index contributed by atoms with van der Waals surface area (Å²) < 4.78 is 38.9. The number of rotatable bonds is 1. The maximum atomic E-state index is 11.8. The molecule has 0 spiro atoms. The minimum atomic E-state index is -5.18. The lowest BCUT2D eigenvalue weighted by Gasteiger charge is -2.11. The molecule has 16 heavy (non-hydrogen) atoms. The Morgan fingerprint density at radius 1 is 1.44 bits per heavy atom. The van der Waals surface area contributed by atoms with Crippen LogP contribution in [0.15, 0.2) is 23.8 Å². The number of alkyl halides is 3. The smallest absolute Gasteiger partial charge is 0.383 e. The van der Waals surface area contributed by atoms with Crippen LogP contribution in [-0.2, 0) is 14.3 Å². The van der Waals surface area contributed by atoms with E-state index >= 15 is 0 Å². The molecule has 0 fully saturated rings. The Kier molecular flexibility index (Phi) is 3.48. The van der Waals surface area contributed by atoms with E-state index in [-0.39, 0.29) is 5.57 Å². The molecule has 0 amide bonds. The molecule has 88 valence electrons. The number of carbonyl (C=O) groups excluding carboxylic acids is 2. The molecule has 1 rings (SSSR count). The number of nitrogens with two attached hydrogens (primary N) is 1. The molecule has 0 radical (unpaired) electrons. The molecule has 0 aromatic carbocycles. The summed E-state index contributed by atoms with van der Waals surface area (Å²) in [7, 11) is 0. The molecule has 1 aliphatic rings. The molecule has 1 atom stereocenters. The largest absolute Gasteiger partial charge is 0.491 e. The van der Waals surface area contributed by atoms with Crippen LogP contribution in [0.5, 0.6) is 0 Å². The second-order valence-corrected chi connectivity index (χ2v) is 3.10. The van der Waals surface area contributed by atoms with Crippen molar-refractivity contribution in [3.63, 3.8) is 0 Å². The van der Waals surface area contributed by atoms with Crippen molar-refractivity contribution in [2.24, 2.45) is 5.73 Å². The van der Waals surface area contributed by atoms with Crippen molar-refractivity contribution in [1.82, 2.24) is 0 Å². The highest BCUT2D eigenvalue weighted by Crippen LogP contribution is 2.18. The highest BCUT2D eigenvalue weighted by molar-refractivity contribution is 5.99. The average molecular weight is 235 g/mol. The Labute approximate surface area is 88.5 Å². The van der Waals surface area contributed by atoms with Gasteiger partial charge in [-0.15, -0.1) is 0 Å². The van der Waals surface area contributed by atoms with Crippen molar-refractivity contribution in [3.05, 3.63) is 23.8 Å². The van der Waals surface area contributed by atoms with Crippen LogP contribution in [0.4, 0.5) is 13.2 Å². The Hall–Kier alpha value is -1.63. The predicted octanol–water partition coefficient (Wildman–Crippen LogP) is 0.832. The summed E-state index contributed by atoms with van der Waals surface area (Å²) in [6, 6.07) is -0.464. The first-order valence-corrected chi connectivity index (χ1v) is 4.28. The zero-order valence-corrected chi connectivity index (χ0v) is 7.95. The maximum absolute atomic E-state index is 11.8. The molecule has 1 unspecified atom stereocenters. The van der Waals surface area contributed by atoms with Crippen molar-refractivity contribution in [3.8, 4) is 0 Å². The summed E-state index contributed by atoms with van der Waals surface area (Å²) in [6.07, 6.45) is -0.693. The van der Waals surface area contributed by atoms with E-state index < -0.39 is 24.2 Å². The third-order valence-corrected chi connectivity index (χ3v) is 1.75. The van der Waals surface area contributed by atoms with Gasteiger partial charge in [-0.05, 0) is 6.42 Å². The van der Waals surface area contributed by atoms with Crippen LogP contribution >= 0.6 is 0 Å². The Balaban J connectivity index is 2.67. The van der Waals surface area contributed by atoms with Gasteiger partial charge in [0.05, 0.1) is 5.57 Å². The summed E-state index contributed by atoms with van der Waals surface area (Å²) in [5.74, 6) is -3.89. The summed E-state index contributed by atoms with van der Waals surface area (Å²) in [6.45, 7) is 0. The lowest BCUT2D eigenvalue weighted by molar-refractivity contribution is -0.200. The monoisotopic (exact) mass is 235 g/mol. The SMILES string of the molecule is NC1C=C(C(=O)OC(=O)C(F)(F)F)C=CC1. The van der Waals surface area contributed by atoms with Gasteiger partial charge in [0.25, 0.3) is 0 Å². The first-order chi connectivity index (χ1) is 7.30. The van der Waals surface area contributed by atoms with E-state index in [1.54, 1.807) is 0 Å². The quantitative estimate of drug-likeness (QED) is 0.540. The van der Waals surface area contributed by atoms with Crippen LogP contribution in [0, 0.1) is 0 Å². The second kappa shape index (κ2) is 4.48. The number of hydrogen-bond donors (Lipinski definition) is 1. The van der Waals surface area contributed by atoms with Gasteiger partial charge in [0.15, 0.2) is 0 Å². The van der Waals surface area contributed by atoms with Gasteiger partial charge in [-0.3, -0.25) is 0 Å². The van der Waals surface area contributed by atoms with Crippen molar-refractivity contribution in [2.45, 2.75) is 18.6 Å². The minimum absolute atomic E-state index is 0.156. The molecule has 7 heteroatoms. The van der Waals surface area contributed by atoms with Crippen LogP contribution in [-0.4, -0.2) is 24.2 Å². The van der Waals surface area contributed by atoms with Gasteiger partial charge in [0, 0.05) is 6.04 Å². The van der Waals surface area contributed by atoms with Gasteiger partial charge >= 0.3 is 18.1 Å². The van der Waals surface area contributed by atoms with E-state index in [9.17, 15) is 22.8 Å². The number of esters is 2. The highest BCUT2D eigenvalue weighted by atomic mass is 19.4. The Morgan fingerprint density at radius 3 is 2.56 bits per heavy atom. The Morgan fingerprint density at radius 2 is 2.06 bits per heavy atom. The normalized spacial score (nSPS) is 20.2. The van der Waals surface area contributed by atoms with Crippen LogP contribution in [0.3, 0.4) is 0 Å². The van der Waals surface area contributed by atoms with Crippen molar-refractivity contribution in [1.29, 1.82) is 0 Å². The first-order valence-electron chi connectivity index (χ1n) is 4.28. The minimum Gasteiger partial charge on any atom is -0.383 e. The number of ether oxygens (including phenoxy) is 1. The molecule has 0 saturated heterocycles. The molecule has 0 saturated carbocycles. The number of halogens is 3. The predicted molar refractivity (Wildman–Crippen MR) is 47.0 cm³/mol. The van der Waals surface area contributed by atoms with Gasteiger partial charge < -0.3 is 10.5 Å². The molecule has 1 aliphatic carbocycles. The zero-order valence-electron chi connectivity index (χ0n) is 7.95. The summed E-state index contributed by atoms with van der Waals surface area (Å²) in [5, 5.41) is 0. The fraction of sp³-hybridized carbons (Fsp3) is 0.333. The molecule has 0 bridgehead atoms. The third kappa shape index (κ3) is 3.20. The van der Waals surface area contributed by atoms with E-state index in [1.807, 2.05) is 0 Å². The topological polar surface area (TPSA) is 69.4 Å². The lowest BCUT2D eigenvalue weighted by atomic mass is 10.0. The average Bonchev–Trinajstić information content (AvgIpc) is 2.16. The van der Waals surface area contributed by atoms with Crippen LogP contribution < -0.4 is 5.73 Å². The van der Waals surface area contributed by atoms with Gasteiger partial charge in [-0.1, -0.05) is 18.2 Å². The molecule has 0 aromatic heterocycles. The van der Waals surface area contributed by atoms with Gasteiger partial charge in [-0.2, -0.15) is 13.2 Å². The standard InChI is InChI=1S/C9H8F3NO3/c10-9(11,12)8(15)16-7(14)5-2-1-3-6(13)4-5/h1-2,4,6H,3,13H2. The molecule has 4 nitrogen and oxygen atoms in total. The molecule has 0 aromatic rings. The third-order valence-electron chi connectivity index (χ3n) is 1.75. The number of carbonyl (C=O) groups is 2. The van der Waals surface area contributed by atoms with Crippen molar-refractivity contribution >= 4 is 11.9 Å². The summed E-state index contributed by atoms with van der Waals surface area (Å²) >= 11 is 0.